The number of nitrogens with one attached hydrogen (secondary N) is 1. The van der Waals surface area contributed by atoms with Gasteiger partial charge in [-0.25, -0.2) is 4.98 Å². The van der Waals surface area contributed by atoms with Crippen LogP contribution in [0.2, 0.25) is 0 Å². The number of rotatable bonds is 7. The van der Waals surface area contributed by atoms with Crippen molar-refractivity contribution in [3.8, 4) is 0 Å². The van der Waals surface area contributed by atoms with Crippen LogP contribution in [0.15, 0.2) is 6.33 Å². The van der Waals surface area contributed by atoms with E-state index < -0.39 is 0 Å². The minimum Gasteiger partial charge on any atom is -0.385 e. The Morgan fingerprint density at radius 2 is 2.04 bits per heavy atom. The molecule has 2 fully saturated rings. The maximum atomic E-state index is 5.27. The molecule has 5 nitrogen and oxygen atoms in total. The Morgan fingerprint density at radius 1 is 1.21 bits per heavy atom. The molecule has 3 heterocycles. The molecule has 24 heavy (non-hydrogen) atoms. The Balaban J connectivity index is 1.41. The fraction of sp³-hybridized carbons (Fsp3) is 0.842. The van der Waals surface area contributed by atoms with Crippen molar-refractivity contribution in [3.63, 3.8) is 0 Å². The number of hydrogen-bond donors (Lipinski definition) is 1. The molecule has 0 aromatic carbocycles. The summed E-state index contributed by atoms with van der Waals surface area (Å²) in [6, 6.07) is 0.514. The Hall–Kier alpha value is -0.910. The van der Waals surface area contributed by atoms with Crippen molar-refractivity contribution in [1.29, 1.82) is 0 Å². The smallest absolute Gasteiger partial charge is 0.0925 e. The SMILES string of the molecule is COCCCN1CCc2[nH]cnc2C1C1CCN(CC2CC2)CC1. The van der Waals surface area contributed by atoms with Crippen molar-refractivity contribution >= 4 is 0 Å². The van der Waals surface area contributed by atoms with Crippen molar-refractivity contribution in [2.24, 2.45) is 11.8 Å². The van der Waals surface area contributed by atoms with Crippen molar-refractivity contribution in [2.75, 3.05) is 46.4 Å². The first-order valence-electron chi connectivity index (χ1n) is 9.82. The monoisotopic (exact) mass is 332 g/mol. The average Bonchev–Trinajstić information content (AvgIpc) is 3.29. The van der Waals surface area contributed by atoms with Crippen LogP contribution in [0.4, 0.5) is 0 Å². The van der Waals surface area contributed by atoms with E-state index in [1.807, 2.05) is 6.33 Å². The molecule has 0 radical (unpaired) electrons. The van der Waals surface area contributed by atoms with E-state index in [4.69, 9.17) is 9.72 Å². The molecule has 1 aliphatic carbocycles. The van der Waals surface area contributed by atoms with E-state index in [2.05, 4.69) is 14.8 Å². The lowest BCUT2D eigenvalue weighted by atomic mass is 9.83. The molecular formula is C19H32N4O. The summed E-state index contributed by atoms with van der Waals surface area (Å²) in [6.07, 6.45) is 9.71. The summed E-state index contributed by atoms with van der Waals surface area (Å²) in [6.45, 7) is 7.06. The van der Waals surface area contributed by atoms with Gasteiger partial charge in [0.05, 0.1) is 18.1 Å². The summed E-state index contributed by atoms with van der Waals surface area (Å²) in [5.41, 5.74) is 2.71. The van der Waals surface area contributed by atoms with Gasteiger partial charge in [0, 0.05) is 45.5 Å². The van der Waals surface area contributed by atoms with E-state index >= 15 is 0 Å². The highest BCUT2D eigenvalue weighted by Gasteiger charge is 2.37. The number of methoxy groups -OCH3 is 1. The number of imidazole rings is 1. The maximum Gasteiger partial charge on any atom is 0.0925 e. The van der Waals surface area contributed by atoms with E-state index in [9.17, 15) is 0 Å². The number of nitrogens with zero attached hydrogens (tertiary/aromatic N) is 3. The average molecular weight is 332 g/mol. The predicted molar refractivity (Wildman–Crippen MR) is 95.0 cm³/mol. The normalized spacial score (nSPS) is 26.6. The molecule has 1 unspecified atom stereocenters. The summed E-state index contributed by atoms with van der Waals surface area (Å²) in [5, 5.41) is 0. The van der Waals surface area contributed by atoms with Crippen molar-refractivity contribution in [2.45, 2.75) is 44.6 Å². The summed E-state index contributed by atoms with van der Waals surface area (Å²) >= 11 is 0. The van der Waals surface area contributed by atoms with Gasteiger partial charge in [0.15, 0.2) is 0 Å². The van der Waals surface area contributed by atoms with Gasteiger partial charge >= 0.3 is 0 Å². The van der Waals surface area contributed by atoms with Crippen LogP contribution >= 0.6 is 0 Å². The molecular weight excluding hydrogens is 300 g/mol. The van der Waals surface area contributed by atoms with Gasteiger partial charge in [-0.15, -0.1) is 0 Å². The zero-order valence-corrected chi connectivity index (χ0v) is 15.0. The predicted octanol–water partition coefficient (Wildman–Crippen LogP) is 2.47. The highest BCUT2D eigenvalue weighted by Crippen LogP contribution is 2.39. The molecule has 134 valence electrons. The van der Waals surface area contributed by atoms with Gasteiger partial charge in [0.1, 0.15) is 0 Å². The topological polar surface area (TPSA) is 44.4 Å². The molecule has 1 saturated carbocycles. The lowest BCUT2D eigenvalue weighted by Gasteiger charge is -2.43. The fourth-order valence-electron chi connectivity index (χ4n) is 4.66. The molecule has 5 heteroatoms. The van der Waals surface area contributed by atoms with E-state index in [-0.39, 0.29) is 0 Å². The summed E-state index contributed by atoms with van der Waals surface area (Å²) in [4.78, 5) is 13.5. The first kappa shape index (κ1) is 16.6. The third-order valence-electron chi connectivity index (χ3n) is 6.16. The van der Waals surface area contributed by atoms with Crippen LogP contribution in [0.25, 0.3) is 0 Å². The van der Waals surface area contributed by atoms with Crippen LogP contribution in [-0.2, 0) is 11.2 Å². The molecule has 0 amide bonds. The number of hydrogen-bond acceptors (Lipinski definition) is 4. The van der Waals surface area contributed by atoms with Gasteiger partial charge in [0.2, 0.25) is 0 Å². The molecule has 2 aliphatic heterocycles. The van der Waals surface area contributed by atoms with E-state index in [0.29, 0.717) is 6.04 Å². The number of aromatic amines is 1. The second kappa shape index (κ2) is 7.54. The second-order valence-corrected chi connectivity index (χ2v) is 7.92. The highest BCUT2D eigenvalue weighted by molar-refractivity contribution is 5.21. The summed E-state index contributed by atoms with van der Waals surface area (Å²) in [7, 11) is 1.80. The molecule has 4 rings (SSSR count). The molecule has 1 aromatic heterocycles. The van der Waals surface area contributed by atoms with Crippen LogP contribution in [0.3, 0.4) is 0 Å². The zero-order chi connectivity index (χ0) is 16.4. The molecule has 1 saturated heterocycles. The van der Waals surface area contributed by atoms with E-state index in [1.165, 1.54) is 56.7 Å². The molecule has 3 aliphatic rings. The van der Waals surface area contributed by atoms with Crippen LogP contribution in [0.1, 0.15) is 49.5 Å². The molecule has 1 aromatic rings. The number of ether oxygens (including phenoxy) is 1. The van der Waals surface area contributed by atoms with E-state index in [1.54, 1.807) is 7.11 Å². The maximum absolute atomic E-state index is 5.27. The first-order valence-corrected chi connectivity index (χ1v) is 9.82. The number of likely N-dealkylation sites (tertiary alicyclic amines) is 1. The molecule has 1 atom stereocenters. The van der Waals surface area contributed by atoms with Crippen LogP contribution < -0.4 is 0 Å². The minimum atomic E-state index is 0.514. The third-order valence-corrected chi connectivity index (χ3v) is 6.16. The van der Waals surface area contributed by atoms with Gasteiger partial charge in [-0.1, -0.05) is 0 Å². The van der Waals surface area contributed by atoms with Gasteiger partial charge in [-0.3, -0.25) is 4.90 Å². The summed E-state index contributed by atoms with van der Waals surface area (Å²) in [5.74, 6) is 1.77. The number of piperidine rings is 1. The van der Waals surface area contributed by atoms with Gasteiger partial charge < -0.3 is 14.6 Å². The Kier molecular flexibility index (Phi) is 5.20. The van der Waals surface area contributed by atoms with Crippen LogP contribution in [0, 0.1) is 11.8 Å². The lowest BCUT2D eigenvalue weighted by Crippen LogP contribution is -2.44. The van der Waals surface area contributed by atoms with Crippen molar-refractivity contribution in [3.05, 3.63) is 17.7 Å². The lowest BCUT2D eigenvalue weighted by molar-refractivity contribution is 0.0674. The van der Waals surface area contributed by atoms with Gasteiger partial charge in [0.25, 0.3) is 0 Å². The van der Waals surface area contributed by atoms with Crippen LogP contribution in [-0.4, -0.2) is 66.2 Å². The molecule has 0 spiro atoms. The Morgan fingerprint density at radius 3 is 2.79 bits per heavy atom. The number of H-pyrrole nitrogens is 1. The van der Waals surface area contributed by atoms with E-state index in [0.717, 1.165) is 44.4 Å². The van der Waals surface area contributed by atoms with Crippen LogP contribution in [0.5, 0.6) is 0 Å². The quantitative estimate of drug-likeness (QED) is 0.779. The third kappa shape index (κ3) is 3.68. The fourth-order valence-corrected chi connectivity index (χ4v) is 4.66. The Bertz CT molecular complexity index is 519. The molecule has 1 N–H and O–H groups in total. The standard InChI is InChI=1S/C19H32N4O/c1-24-12-2-8-23-11-7-17-18(21-14-20-17)19(23)16-5-9-22(10-6-16)13-15-3-4-15/h14-16,19H,2-13H2,1H3,(H,20,21). The summed E-state index contributed by atoms with van der Waals surface area (Å²) < 4.78 is 5.27. The largest absolute Gasteiger partial charge is 0.385 e. The second-order valence-electron chi connectivity index (χ2n) is 7.92. The highest BCUT2D eigenvalue weighted by atomic mass is 16.5. The van der Waals surface area contributed by atoms with Gasteiger partial charge in [-0.2, -0.15) is 0 Å². The van der Waals surface area contributed by atoms with Crippen molar-refractivity contribution in [1.82, 2.24) is 19.8 Å². The first-order chi connectivity index (χ1) is 11.8. The van der Waals surface area contributed by atoms with Gasteiger partial charge in [-0.05, 0) is 57.0 Å². The number of fused-ring (bicyclic) bond motifs is 1. The Labute approximate surface area is 145 Å². The van der Waals surface area contributed by atoms with Crippen molar-refractivity contribution < 1.29 is 4.74 Å². The minimum absolute atomic E-state index is 0.514. The zero-order valence-electron chi connectivity index (χ0n) is 15.0. The number of aromatic nitrogens is 2. The molecule has 0 bridgehead atoms.